The molecule has 0 amide bonds. The lowest BCUT2D eigenvalue weighted by Crippen LogP contribution is -2.15. The molecule has 0 radical (unpaired) electrons. The van der Waals surface area contributed by atoms with Crippen molar-refractivity contribution in [3.63, 3.8) is 0 Å². The molecule has 0 heterocycles. The first-order chi connectivity index (χ1) is 15.3. The average molecular weight is 466 g/mol. The summed E-state index contributed by atoms with van der Waals surface area (Å²) in [6.07, 6.45) is 13.2. The summed E-state index contributed by atoms with van der Waals surface area (Å²) >= 11 is 0. The molecule has 32 heavy (non-hydrogen) atoms. The highest BCUT2D eigenvalue weighted by Gasteiger charge is 2.12. The first kappa shape index (κ1) is 28.5. The van der Waals surface area contributed by atoms with Crippen LogP contribution in [0.15, 0.2) is 39.1 Å². The van der Waals surface area contributed by atoms with E-state index in [1.165, 1.54) is 76.3 Å². The van der Waals surface area contributed by atoms with E-state index in [4.69, 9.17) is 4.55 Å². The van der Waals surface area contributed by atoms with Crippen LogP contribution < -0.4 is 0 Å². The van der Waals surface area contributed by atoms with Gasteiger partial charge in [-0.25, -0.2) is 9.98 Å². The van der Waals surface area contributed by atoms with Crippen molar-refractivity contribution in [1.29, 1.82) is 0 Å². The zero-order chi connectivity index (χ0) is 23.8. The molecule has 0 atom stereocenters. The maximum absolute atomic E-state index is 10.5. The van der Waals surface area contributed by atoms with Gasteiger partial charge in [0.1, 0.15) is 0 Å². The lowest BCUT2D eigenvalue weighted by Gasteiger charge is -2.17. The molecule has 0 aromatic heterocycles. The van der Waals surface area contributed by atoms with Gasteiger partial charge in [0.15, 0.2) is 0 Å². The predicted molar refractivity (Wildman–Crippen MR) is 133 cm³/mol. The monoisotopic (exact) mass is 465 g/mol. The number of nitrogens with zero attached hydrogens (tertiary/aromatic N) is 3. The van der Waals surface area contributed by atoms with Crippen molar-refractivity contribution in [2.45, 2.75) is 102 Å². The Hall–Kier alpha value is -1.53. The molecule has 1 aromatic rings. The maximum atomic E-state index is 10.5. The van der Waals surface area contributed by atoms with Crippen molar-refractivity contribution in [1.82, 2.24) is 4.90 Å². The van der Waals surface area contributed by atoms with Gasteiger partial charge in [0.05, 0.1) is 23.0 Å². The SMILES string of the molecule is C(=NC1CCCCC1)=NC1CCCCC1.CCN(C)CC.Cc1ccc(S(=O)(=O)O)cc1. The smallest absolute Gasteiger partial charge is 0.294 e. The number of hydrogen-bond acceptors (Lipinski definition) is 5. The Kier molecular flexibility index (Phi) is 14.4. The summed E-state index contributed by atoms with van der Waals surface area (Å²) < 4.78 is 29.6. The van der Waals surface area contributed by atoms with Crippen molar-refractivity contribution in [2.75, 3.05) is 20.1 Å². The number of rotatable bonds is 5. The van der Waals surface area contributed by atoms with Gasteiger partial charge in [0, 0.05) is 0 Å². The van der Waals surface area contributed by atoms with E-state index in [1.54, 1.807) is 12.1 Å². The van der Waals surface area contributed by atoms with E-state index in [0.29, 0.717) is 12.1 Å². The minimum atomic E-state index is -4.02. The Morgan fingerprint density at radius 1 is 0.875 bits per heavy atom. The molecule has 0 spiro atoms. The van der Waals surface area contributed by atoms with Gasteiger partial charge in [-0.2, -0.15) is 8.42 Å². The van der Waals surface area contributed by atoms with Crippen LogP contribution in [0.1, 0.15) is 83.6 Å². The van der Waals surface area contributed by atoms with Crippen molar-refractivity contribution < 1.29 is 13.0 Å². The van der Waals surface area contributed by atoms with Crippen LogP contribution in [0, 0.1) is 6.92 Å². The third-order valence-corrected chi connectivity index (χ3v) is 6.90. The lowest BCUT2D eigenvalue weighted by atomic mass is 9.96. The van der Waals surface area contributed by atoms with Gasteiger partial charge in [-0.05, 0) is 64.9 Å². The fourth-order valence-electron chi connectivity index (χ4n) is 3.55. The van der Waals surface area contributed by atoms with E-state index in [1.807, 2.05) is 6.92 Å². The molecule has 2 aliphatic carbocycles. The van der Waals surface area contributed by atoms with E-state index in [0.717, 1.165) is 18.7 Å². The summed E-state index contributed by atoms with van der Waals surface area (Å²) in [6, 6.07) is 10.0. The van der Waals surface area contributed by atoms with Gasteiger partial charge in [-0.15, -0.1) is 0 Å². The highest BCUT2D eigenvalue weighted by Crippen LogP contribution is 2.21. The molecule has 0 saturated heterocycles. The summed E-state index contributed by atoms with van der Waals surface area (Å²) in [4.78, 5) is 11.1. The van der Waals surface area contributed by atoms with Crippen molar-refractivity contribution >= 4 is 16.1 Å². The molecule has 1 N–H and O–H groups in total. The minimum absolute atomic E-state index is 0.0666. The first-order valence-electron chi connectivity index (χ1n) is 12.1. The van der Waals surface area contributed by atoms with Crippen molar-refractivity contribution in [3.05, 3.63) is 29.8 Å². The molecular formula is C25H43N3O3S. The first-order valence-corrected chi connectivity index (χ1v) is 13.6. The average Bonchev–Trinajstić information content (AvgIpc) is 2.80. The summed E-state index contributed by atoms with van der Waals surface area (Å²) in [5.41, 5.74) is 0.956. The standard InChI is InChI=1S/C13H22N2.C7H8O3S.C5H13N/c1-3-7-12(8-4-1)14-11-15-13-9-5-2-6-10-13;1-6-2-4-7(5-3-6)11(8,9)10;1-4-6(3)5-2/h12-13H,1-10H2;2-5H,1H3,(H,8,9,10);4-5H2,1-3H3. The van der Waals surface area contributed by atoms with Crippen molar-refractivity contribution in [2.24, 2.45) is 9.98 Å². The molecular weight excluding hydrogens is 422 g/mol. The molecule has 1 aromatic carbocycles. The zero-order valence-electron chi connectivity index (χ0n) is 20.5. The molecule has 0 aliphatic heterocycles. The van der Waals surface area contributed by atoms with E-state index in [2.05, 4.69) is 41.8 Å². The molecule has 0 bridgehead atoms. The van der Waals surface area contributed by atoms with E-state index >= 15 is 0 Å². The van der Waals surface area contributed by atoms with E-state index in [9.17, 15) is 8.42 Å². The summed E-state index contributed by atoms with van der Waals surface area (Å²) in [5.74, 6) is 0. The summed E-state index contributed by atoms with van der Waals surface area (Å²) in [5, 5.41) is 0. The molecule has 182 valence electrons. The van der Waals surface area contributed by atoms with E-state index < -0.39 is 10.1 Å². The third kappa shape index (κ3) is 13.1. The van der Waals surface area contributed by atoms with Crippen LogP contribution in [0.3, 0.4) is 0 Å². The van der Waals surface area contributed by atoms with Crippen LogP contribution in [0.2, 0.25) is 0 Å². The summed E-state index contributed by atoms with van der Waals surface area (Å²) in [7, 11) is -1.91. The molecule has 2 saturated carbocycles. The fourth-order valence-corrected chi connectivity index (χ4v) is 4.03. The topological polar surface area (TPSA) is 82.3 Å². The number of aliphatic imine (C=N–C) groups is 2. The van der Waals surface area contributed by atoms with Crippen LogP contribution in [0.4, 0.5) is 0 Å². The zero-order valence-corrected chi connectivity index (χ0v) is 21.3. The molecule has 6 nitrogen and oxygen atoms in total. The van der Waals surface area contributed by atoms with Crippen molar-refractivity contribution in [3.8, 4) is 0 Å². The highest BCUT2D eigenvalue weighted by molar-refractivity contribution is 7.85. The Balaban J connectivity index is 0.000000265. The molecule has 7 heteroatoms. The minimum Gasteiger partial charge on any atom is -0.307 e. The van der Waals surface area contributed by atoms with Crippen LogP contribution in [-0.2, 0) is 10.1 Å². The fraction of sp³-hybridized carbons (Fsp3) is 0.720. The second kappa shape index (κ2) is 16.1. The number of aryl methyl sites for hydroxylation is 1. The predicted octanol–water partition coefficient (Wildman–Crippen LogP) is 6.03. The number of benzene rings is 1. The maximum Gasteiger partial charge on any atom is 0.294 e. The van der Waals surface area contributed by atoms with Gasteiger partial charge in [0.25, 0.3) is 10.1 Å². The van der Waals surface area contributed by atoms with Crippen LogP contribution in [0.5, 0.6) is 0 Å². The molecule has 0 unspecified atom stereocenters. The quantitative estimate of drug-likeness (QED) is 0.425. The summed E-state index contributed by atoms with van der Waals surface area (Å²) in [6.45, 7) is 8.48. The Morgan fingerprint density at radius 3 is 1.59 bits per heavy atom. The normalized spacial score (nSPS) is 17.3. The van der Waals surface area contributed by atoms with E-state index in [-0.39, 0.29) is 4.90 Å². The highest BCUT2D eigenvalue weighted by atomic mass is 32.2. The van der Waals surface area contributed by atoms with Gasteiger partial charge < -0.3 is 4.90 Å². The van der Waals surface area contributed by atoms with Crippen LogP contribution >= 0.6 is 0 Å². The molecule has 2 aliphatic rings. The Morgan fingerprint density at radius 2 is 1.28 bits per heavy atom. The van der Waals surface area contributed by atoms with Gasteiger partial charge in [0.2, 0.25) is 0 Å². The molecule has 2 fully saturated rings. The van der Waals surface area contributed by atoms with Crippen LogP contribution in [-0.4, -0.2) is 56.1 Å². The van der Waals surface area contributed by atoms with Crippen LogP contribution in [0.25, 0.3) is 0 Å². The van der Waals surface area contributed by atoms with Gasteiger partial charge >= 0.3 is 0 Å². The van der Waals surface area contributed by atoms with Gasteiger partial charge in [-0.3, -0.25) is 4.55 Å². The third-order valence-electron chi connectivity index (χ3n) is 6.03. The largest absolute Gasteiger partial charge is 0.307 e. The number of hydrogen-bond donors (Lipinski definition) is 1. The second-order valence-electron chi connectivity index (χ2n) is 8.72. The molecule has 3 rings (SSSR count). The Labute approximate surface area is 196 Å². The lowest BCUT2D eigenvalue weighted by molar-refractivity contribution is 0.373. The van der Waals surface area contributed by atoms with Gasteiger partial charge in [-0.1, -0.05) is 70.1 Å². The Bertz CT molecular complexity index is 749. The second-order valence-corrected chi connectivity index (χ2v) is 10.1.